The zero-order valence-electron chi connectivity index (χ0n) is 9.55. The fourth-order valence-electron chi connectivity index (χ4n) is 1.99. The third-order valence-electron chi connectivity index (χ3n) is 2.85. The molecule has 3 rings (SSSR count). The Hall–Kier alpha value is -0.980. The molecule has 90 valence electrons. The minimum atomic E-state index is 0.746. The number of hydrogen-bond donors (Lipinski definition) is 0. The van der Waals surface area contributed by atoms with Crippen molar-refractivity contribution in [2.75, 3.05) is 13.7 Å². The van der Waals surface area contributed by atoms with E-state index in [2.05, 4.69) is 20.2 Å². The molecule has 17 heavy (non-hydrogen) atoms. The fraction of sp³-hybridized carbons (Fsp3) is 0.455. The van der Waals surface area contributed by atoms with Crippen molar-refractivity contribution in [2.24, 2.45) is 0 Å². The van der Waals surface area contributed by atoms with E-state index in [1.807, 2.05) is 5.51 Å². The van der Waals surface area contributed by atoms with Crippen LogP contribution in [0.2, 0.25) is 0 Å². The molecule has 1 aliphatic rings. The maximum Gasteiger partial charge on any atom is 0.273 e. The number of hydrogen-bond acceptors (Lipinski definition) is 6. The molecule has 0 aliphatic carbocycles. The average Bonchev–Trinajstić information content (AvgIpc) is 2.96. The molecule has 0 saturated heterocycles. The van der Waals surface area contributed by atoms with E-state index < -0.39 is 0 Å². The zero-order chi connectivity index (χ0) is 11.7. The molecule has 3 heterocycles. The maximum absolute atomic E-state index is 5.11. The van der Waals surface area contributed by atoms with E-state index in [9.17, 15) is 0 Å². The van der Waals surface area contributed by atoms with E-state index in [1.165, 1.54) is 10.6 Å². The summed E-state index contributed by atoms with van der Waals surface area (Å²) in [4.78, 5) is 12.6. The van der Waals surface area contributed by atoms with Gasteiger partial charge in [-0.15, -0.1) is 11.3 Å². The first-order valence-electron chi connectivity index (χ1n) is 5.47. The second-order valence-corrected chi connectivity index (χ2v) is 5.75. The number of methoxy groups -OCH3 is 1. The van der Waals surface area contributed by atoms with E-state index in [4.69, 9.17) is 4.74 Å². The molecule has 0 saturated carbocycles. The van der Waals surface area contributed by atoms with Crippen LogP contribution in [0.15, 0.2) is 10.9 Å². The summed E-state index contributed by atoms with van der Waals surface area (Å²) in [5.41, 5.74) is 4.32. The number of rotatable bonds is 3. The number of ether oxygens (including phenoxy) is 1. The van der Waals surface area contributed by atoms with Crippen molar-refractivity contribution >= 4 is 22.7 Å². The molecule has 4 nitrogen and oxygen atoms in total. The summed E-state index contributed by atoms with van der Waals surface area (Å²) < 4.78 is 5.11. The van der Waals surface area contributed by atoms with Crippen molar-refractivity contribution in [3.8, 4) is 5.19 Å². The molecular formula is C11H13N3OS2. The SMILES string of the molecule is COc1nc(CN2CCc3ncsc3C2)cs1. The average molecular weight is 267 g/mol. The summed E-state index contributed by atoms with van der Waals surface area (Å²) in [5, 5.41) is 2.82. The van der Waals surface area contributed by atoms with Gasteiger partial charge in [0.1, 0.15) is 0 Å². The van der Waals surface area contributed by atoms with Crippen LogP contribution in [0.1, 0.15) is 16.3 Å². The maximum atomic E-state index is 5.11. The van der Waals surface area contributed by atoms with Crippen molar-refractivity contribution in [3.05, 3.63) is 27.2 Å². The molecule has 0 fully saturated rings. The number of aromatic nitrogens is 2. The molecule has 0 N–H and O–H groups in total. The first-order chi connectivity index (χ1) is 8.35. The summed E-state index contributed by atoms with van der Waals surface area (Å²) in [5.74, 6) is 0. The predicted octanol–water partition coefficient (Wildman–Crippen LogP) is 2.17. The Bertz CT molecular complexity index is 508. The van der Waals surface area contributed by atoms with Crippen LogP contribution in [0.25, 0.3) is 0 Å². The second kappa shape index (κ2) is 4.72. The van der Waals surface area contributed by atoms with Crippen LogP contribution in [0.3, 0.4) is 0 Å². The minimum Gasteiger partial charge on any atom is -0.473 e. The lowest BCUT2D eigenvalue weighted by Crippen LogP contribution is -2.29. The van der Waals surface area contributed by atoms with Gasteiger partial charge < -0.3 is 4.74 Å². The molecule has 0 spiro atoms. The van der Waals surface area contributed by atoms with Crippen molar-refractivity contribution in [1.82, 2.24) is 14.9 Å². The van der Waals surface area contributed by atoms with E-state index in [-0.39, 0.29) is 0 Å². The van der Waals surface area contributed by atoms with Crippen molar-refractivity contribution < 1.29 is 4.74 Å². The fourth-order valence-corrected chi connectivity index (χ4v) is 3.48. The molecule has 2 aromatic heterocycles. The van der Waals surface area contributed by atoms with Gasteiger partial charge in [0.05, 0.1) is 24.0 Å². The van der Waals surface area contributed by atoms with E-state index >= 15 is 0 Å². The number of fused-ring (bicyclic) bond motifs is 1. The van der Waals surface area contributed by atoms with Crippen LogP contribution in [0.5, 0.6) is 5.19 Å². The first kappa shape index (κ1) is 11.1. The van der Waals surface area contributed by atoms with Crippen molar-refractivity contribution in [1.29, 1.82) is 0 Å². The van der Waals surface area contributed by atoms with Crippen molar-refractivity contribution in [2.45, 2.75) is 19.5 Å². The smallest absolute Gasteiger partial charge is 0.273 e. The van der Waals surface area contributed by atoms with E-state index in [1.54, 1.807) is 29.8 Å². The van der Waals surface area contributed by atoms with Gasteiger partial charge in [0.15, 0.2) is 0 Å². The standard InChI is InChI=1S/C11H13N3OS2/c1-15-11-13-8(6-16-11)4-14-3-2-9-10(5-14)17-7-12-9/h6-7H,2-5H2,1H3. The summed E-state index contributed by atoms with van der Waals surface area (Å²) in [6, 6.07) is 0. The van der Waals surface area contributed by atoms with Crippen LogP contribution < -0.4 is 4.74 Å². The molecule has 0 amide bonds. The molecule has 0 radical (unpaired) electrons. The lowest BCUT2D eigenvalue weighted by atomic mass is 10.2. The predicted molar refractivity (Wildman–Crippen MR) is 68.6 cm³/mol. The van der Waals surface area contributed by atoms with E-state index in [0.29, 0.717) is 0 Å². The van der Waals surface area contributed by atoms with Crippen LogP contribution >= 0.6 is 22.7 Å². The Morgan fingerprint density at radius 1 is 1.47 bits per heavy atom. The van der Waals surface area contributed by atoms with Gasteiger partial charge in [-0.05, 0) is 0 Å². The highest BCUT2D eigenvalue weighted by Crippen LogP contribution is 2.24. The summed E-state index contributed by atoms with van der Waals surface area (Å²) >= 11 is 3.31. The summed E-state index contributed by atoms with van der Waals surface area (Å²) in [6.45, 7) is 2.97. The van der Waals surface area contributed by atoms with Gasteiger partial charge in [0.2, 0.25) is 0 Å². The van der Waals surface area contributed by atoms with Crippen LogP contribution in [0, 0.1) is 0 Å². The van der Waals surface area contributed by atoms with Gasteiger partial charge in [-0.25, -0.2) is 9.97 Å². The van der Waals surface area contributed by atoms with Gasteiger partial charge >= 0.3 is 0 Å². The lowest BCUT2D eigenvalue weighted by Gasteiger charge is -2.24. The highest BCUT2D eigenvalue weighted by atomic mass is 32.1. The lowest BCUT2D eigenvalue weighted by molar-refractivity contribution is 0.244. The number of nitrogens with zero attached hydrogens (tertiary/aromatic N) is 3. The Morgan fingerprint density at radius 3 is 3.24 bits per heavy atom. The molecule has 0 bridgehead atoms. The monoisotopic (exact) mass is 267 g/mol. The molecule has 1 aliphatic heterocycles. The Labute approximate surface area is 108 Å². The Morgan fingerprint density at radius 2 is 2.41 bits per heavy atom. The molecule has 0 atom stereocenters. The first-order valence-corrected chi connectivity index (χ1v) is 7.23. The topological polar surface area (TPSA) is 38.2 Å². The molecule has 0 unspecified atom stereocenters. The largest absolute Gasteiger partial charge is 0.473 e. The minimum absolute atomic E-state index is 0.746. The van der Waals surface area contributed by atoms with Gasteiger partial charge in [0, 0.05) is 36.3 Å². The van der Waals surface area contributed by atoms with Gasteiger partial charge in [0.25, 0.3) is 5.19 Å². The van der Waals surface area contributed by atoms with Crippen LogP contribution in [0.4, 0.5) is 0 Å². The Balaban J connectivity index is 1.67. The highest BCUT2D eigenvalue weighted by Gasteiger charge is 2.19. The molecule has 2 aromatic rings. The third-order valence-corrected chi connectivity index (χ3v) is 4.56. The van der Waals surface area contributed by atoms with Gasteiger partial charge in [-0.2, -0.15) is 0 Å². The summed E-state index contributed by atoms with van der Waals surface area (Å²) in [6.07, 6.45) is 1.06. The van der Waals surface area contributed by atoms with Crippen molar-refractivity contribution in [3.63, 3.8) is 0 Å². The van der Waals surface area contributed by atoms with Crippen LogP contribution in [-0.2, 0) is 19.5 Å². The van der Waals surface area contributed by atoms with Crippen LogP contribution in [-0.4, -0.2) is 28.5 Å². The summed E-state index contributed by atoms with van der Waals surface area (Å²) in [7, 11) is 1.66. The quantitative estimate of drug-likeness (QED) is 0.854. The molecule has 6 heteroatoms. The zero-order valence-corrected chi connectivity index (χ0v) is 11.2. The second-order valence-electron chi connectivity index (χ2n) is 3.99. The molecule has 0 aromatic carbocycles. The highest BCUT2D eigenvalue weighted by molar-refractivity contribution is 7.11. The van der Waals surface area contributed by atoms with Gasteiger partial charge in [-0.3, -0.25) is 4.90 Å². The molecular weight excluding hydrogens is 254 g/mol. The third kappa shape index (κ3) is 2.34. The van der Waals surface area contributed by atoms with E-state index in [0.717, 1.165) is 36.9 Å². The van der Waals surface area contributed by atoms with Gasteiger partial charge in [-0.1, -0.05) is 11.3 Å². The normalized spacial score (nSPS) is 15.8. The number of thiazole rings is 2. The Kier molecular flexibility index (Phi) is 3.09.